The Kier molecular flexibility index (Phi) is 6.59. The number of amides is 3. The van der Waals surface area contributed by atoms with Crippen LogP contribution in [-0.2, 0) is 20.9 Å². The summed E-state index contributed by atoms with van der Waals surface area (Å²) >= 11 is 2.09. The highest BCUT2D eigenvalue weighted by Crippen LogP contribution is 2.55. The monoisotopic (exact) mass is 571 g/mol. The van der Waals surface area contributed by atoms with Gasteiger partial charge in [0, 0.05) is 22.0 Å². The lowest BCUT2D eigenvalue weighted by Gasteiger charge is -2.31. The molecule has 1 aromatic heterocycles. The molecule has 8 nitrogen and oxygen atoms in total. The Hall–Kier alpha value is -4.15. The maximum Gasteiger partial charge on any atom is 0.308 e. The van der Waals surface area contributed by atoms with Gasteiger partial charge in [0.05, 0.1) is 16.6 Å². The number of nitrogens with zero attached hydrogens (tertiary/aromatic N) is 2. The SMILES string of the molecule is Cc1ccc(NC(=O)Cn2c3c(sc2=O)C(c2ccccc2O)C2C(=O)N(c4ccc(C)cc4)C(=O)C2S3)cc1. The molecule has 0 aliphatic carbocycles. The Balaban J connectivity index is 1.41. The third kappa shape index (κ3) is 4.43. The number of hydrogen-bond acceptors (Lipinski definition) is 7. The molecule has 6 rings (SSSR count). The van der Waals surface area contributed by atoms with E-state index in [1.807, 2.05) is 38.1 Å². The second-order valence-corrected chi connectivity index (χ2v) is 12.1. The molecule has 1 fully saturated rings. The molecule has 4 aromatic rings. The highest BCUT2D eigenvalue weighted by Gasteiger charge is 2.57. The van der Waals surface area contributed by atoms with Crippen LogP contribution in [0.3, 0.4) is 0 Å². The molecule has 0 radical (unpaired) electrons. The summed E-state index contributed by atoms with van der Waals surface area (Å²) in [6, 6.07) is 21.2. The number of aromatic hydroxyl groups is 1. The molecule has 3 aromatic carbocycles. The van der Waals surface area contributed by atoms with Crippen LogP contribution in [0.1, 0.15) is 27.5 Å². The highest BCUT2D eigenvalue weighted by atomic mass is 32.2. The quantitative estimate of drug-likeness (QED) is 0.337. The van der Waals surface area contributed by atoms with Crippen LogP contribution < -0.4 is 15.1 Å². The fourth-order valence-corrected chi connectivity index (χ4v) is 8.03. The summed E-state index contributed by atoms with van der Waals surface area (Å²) in [5, 5.41) is 13.3. The number of hydrogen-bond donors (Lipinski definition) is 2. The lowest BCUT2D eigenvalue weighted by atomic mass is 9.82. The third-order valence-electron chi connectivity index (χ3n) is 7.25. The molecular formula is C30H25N3O5S2. The molecule has 0 bridgehead atoms. The third-order valence-corrected chi connectivity index (χ3v) is 9.85. The number of phenolic OH excluding ortho intramolecular Hbond substituents is 1. The predicted molar refractivity (Wildman–Crippen MR) is 155 cm³/mol. The number of benzene rings is 3. The van der Waals surface area contributed by atoms with Gasteiger partial charge in [-0.3, -0.25) is 23.7 Å². The van der Waals surface area contributed by atoms with Gasteiger partial charge in [-0.2, -0.15) is 0 Å². The first-order valence-corrected chi connectivity index (χ1v) is 14.4. The van der Waals surface area contributed by atoms with Crippen LogP contribution in [0.2, 0.25) is 0 Å². The van der Waals surface area contributed by atoms with Crippen LogP contribution in [0.4, 0.5) is 11.4 Å². The zero-order valence-electron chi connectivity index (χ0n) is 21.7. The van der Waals surface area contributed by atoms with Gasteiger partial charge >= 0.3 is 4.87 Å². The van der Waals surface area contributed by atoms with Crippen LogP contribution in [-0.4, -0.2) is 32.6 Å². The standard InChI is InChI=1S/C30H25N3O5S2/c1-16-7-11-18(12-8-16)31-22(35)15-32-29-26(40-30(32)38)23(20-5-3-4-6-21(20)34)24-25(39-29)28(37)33(27(24)36)19-13-9-17(2)10-14-19/h3-14,23-25,34H,15H2,1-2H3,(H,31,35). The van der Waals surface area contributed by atoms with Crippen LogP contribution >= 0.6 is 23.1 Å². The average Bonchev–Trinajstić information content (AvgIpc) is 3.37. The Morgan fingerprint density at radius 1 is 0.900 bits per heavy atom. The Labute approximate surface area is 238 Å². The summed E-state index contributed by atoms with van der Waals surface area (Å²) in [4.78, 5) is 55.3. The Bertz CT molecular complexity index is 1710. The van der Waals surface area contributed by atoms with Crippen LogP contribution in [0.5, 0.6) is 5.75 Å². The van der Waals surface area contributed by atoms with E-state index >= 15 is 0 Å². The van der Waals surface area contributed by atoms with Crippen LogP contribution in [0.15, 0.2) is 82.6 Å². The molecule has 2 N–H and O–H groups in total. The first kappa shape index (κ1) is 26.1. The number of rotatable bonds is 5. The summed E-state index contributed by atoms with van der Waals surface area (Å²) in [5.41, 5.74) is 3.60. The van der Waals surface area contributed by atoms with Crippen molar-refractivity contribution >= 4 is 52.2 Å². The first-order chi connectivity index (χ1) is 19.2. The molecule has 3 amide bonds. The van der Waals surface area contributed by atoms with E-state index in [0.29, 0.717) is 26.8 Å². The van der Waals surface area contributed by atoms with Crippen molar-refractivity contribution in [2.45, 2.75) is 36.6 Å². The molecule has 2 aliphatic rings. The number of para-hydroxylation sites is 1. The summed E-state index contributed by atoms with van der Waals surface area (Å²) in [5.74, 6) is -2.73. The van der Waals surface area contributed by atoms with Gasteiger partial charge in [0.1, 0.15) is 17.5 Å². The smallest absolute Gasteiger partial charge is 0.308 e. The number of nitrogens with one attached hydrogen (secondary N) is 1. The van der Waals surface area contributed by atoms with Gasteiger partial charge in [-0.25, -0.2) is 4.90 Å². The molecule has 3 unspecified atom stereocenters. The largest absolute Gasteiger partial charge is 0.508 e. The van der Waals surface area contributed by atoms with Crippen LogP contribution in [0.25, 0.3) is 0 Å². The zero-order valence-corrected chi connectivity index (χ0v) is 23.3. The zero-order chi connectivity index (χ0) is 28.1. The molecular weight excluding hydrogens is 546 g/mol. The molecule has 10 heteroatoms. The Morgan fingerprint density at radius 3 is 2.23 bits per heavy atom. The van der Waals surface area contributed by atoms with Crippen molar-refractivity contribution < 1.29 is 19.5 Å². The van der Waals surface area contributed by atoms with E-state index in [1.165, 1.54) is 15.5 Å². The summed E-state index contributed by atoms with van der Waals surface area (Å²) in [6.07, 6.45) is 0. The first-order valence-electron chi connectivity index (χ1n) is 12.7. The normalized spacial score (nSPS) is 19.9. The van der Waals surface area contributed by atoms with E-state index in [0.717, 1.165) is 34.2 Å². The molecule has 3 atom stereocenters. The number of phenols is 1. The minimum Gasteiger partial charge on any atom is -0.508 e. The van der Waals surface area contributed by atoms with E-state index in [-0.39, 0.29) is 34.9 Å². The van der Waals surface area contributed by atoms with Crippen LogP contribution in [0, 0.1) is 19.8 Å². The van der Waals surface area contributed by atoms with Crippen molar-refractivity contribution in [3.63, 3.8) is 0 Å². The highest BCUT2D eigenvalue weighted by molar-refractivity contribution is 8.00. The second-order valence-electron chi connectivity index (χ2n) is 9.99. The number of aromatic nitrogens is 1. The van der Waals surface area contributed by atoms with E-state index in [1.54, 1.807) is 42.5 Å². The summed E-state index contributed by atoms with van der Waals surface area (Å²) in [6.45, 7) is 3.62. The van der Waals surface area contributed by atoms with Crippen molar-refractivity contribution in [2.24, 2.45) is 5.92 Å². The molecule has 0 saturated carbocycles. The minimum absolute atomic E-state index is 0.0253. The molecule has 2 aliphatic heterocycles. The fourth-order valence-electron chi connectivity index (χ4n) is 5.27. The average molecular weight is 572 g/mol. The topological polar surface area (TPSA) is 109 Å². The van der Waals surface area contributed by atoms with Gasteiger partial charge in [-0.1, -0.05) is 76.7 Å². The molecule has 1 saturated heterocycles. The molecule has 0 spiro atoms. The lowest BCUT2D eigenvalue weighted by Crippen LogP contribution is -2.33. The van der Waals surface area contributed by atoms with E-state index in [9.17, 15) is 24.3 Å². The minimum atomic E-state index is -0.827. The number of thiazole rings is 1. The Morgan fingerprint density at radius 2 is 1.55 bits per heavy atom. The number of fused-ring (bicyclic) bond motifs is 2. The molecule has 3 heterocycles. The molecule has 202 valence electrons. The number of anilines is 2. The van der Waals surface area contributed by atoms with Gasteiger partial charge in [0.2, 0.25) is 17.7 Å². The number of thioether (sulfide) groups is 1. The lowest BCUT2D eigenvalue weighted by molar-refractivity contribution is -0.122. The van der Waals surface area contributed by atoms with E-state index in [4.69, 9.17) is 0 Å². The van der Waals surface area contributed by atoms with Gasteiger partial charge < -0.3 is 10.4 Å². The molecule has 40 heavy (non-hydrogen) atoms. The van der Waals surface area contributed by atoms with Gasteiger partial charge in [0.25, 0.3) is 0 Å². The fraction of sp³-hybridized carbons (Fsp3) is 0.200. The van der Waals surface area contributed by atoms with Gasteiger partial charge in [-0.05, 0) is 44.2 Å². The maximum atomic E-state index is 13.9. The van der Waals surface area contributed by atoms with E-state index < -0.39 is 17.1 Å². The maximum absolute atomic E-state index is 13.9. The number of carbonyl (C=O) groups excluding carboxylic acids is 3. The van der Waals surface area contributed by atoms with Crippen molar-refractivity contribution in [2.75, 3.05) is 10.2 Å². The van der Waals surface area contributed by atoms with Crippen molar-refractivity contribution in [1.29, 1.82) is 0 Å². The predicted octanol–water partition coefficient (Wildman–Crippen LogP) is 4.67. The summed E-state index contributed by atoms with van der Waals surface area (Å²) < 4.78 is 1.36. The van der Waals surface area contributed by atoms with Gasteiger partial charge in [-0.15, -0.1) is 0 Å². The van der Waals surface area contributed by atoms with Crippen molar-refractivity contribution in [1.82, 2.24) is 4.57 Å². The van der Waals surface area contributed by atoms with Crippen molar-refractivity contribution in [3.05, 3.63) is 104 Å². The number of aryl methyl sites for hydroxylation is 2. The number of carbonyl (C=O) groups is 3. The van der Waals surface area contributed by atoms with Crippen molar-refractivity contribution in [3.8, 4) is 5.75 Å². The second kappa shape index (κ2) is 10.1. The van der Waals surface area contributed by atoms with E-state index in [2.05, 4.69) is 5.32 Å². The number of imide groups is 1. The van der Waals surface area contributed by atoms with Gasteiger partial charge in [0.15, 0.2) is 0 Å². The summed E-state index contributed by atoms with van der Waals surface area (Å²) in [7, 11) is 0.